The fourth-order valence-electron chi connectivity index (χ4n) is 1.66. The lowest BCUT2D eigenvalue weighted by Gasteiger charge is -2.25. The molecule has 0 radical (unpaired) electrons. The Morgan fingerprint density at radius 2 is 2.06 bits per heavy atom. The van der Waals surface area contributed by atoms with Gasteiger partial charge in [-0.3, -0.25) is 0 Å². The van der Waals surface area contributed by atoms with E-state index >= 15 is 0 Å². The van der Waals surface area contributed by atoms with Crippen LogP contribution >= 0.6 is 0 Å². The van der Waals surface area contributed by atoms with Crippen LogP contribution in [0.5, 0.6) is 0 Å². The van der Waals surface area contributed by atoms with E-state index in [1.807, 2.05) is 11.6 Å². The number of nitrogens with zero attached hydrogens (tertiary/aromatic N) is 3. The van der Waals surface area contributed by atoms with Gasteiger partial charge in [0.1, 0.15) is 12.2 Å². The lowest BCUT2D eigenvalue weighted by Crippen LogP contribution is -2.42. The topological polar surface area (TPSA) is 63.0 Å². The molecule has 98 valence electrons. The first-order valence-electron chi connectivity index (χ1n) is 6.16. The van der Waals surface area contributed by atoms with E-state index in [-0.39, 0.29) is 6.04 Å². The number of aliphatic hydroxyl groups is 1. The van der Waals surface area contributed by atoms with Gasteiger partial charge in [-0.2, -0.15) is 5.10 Å². The Labute approximate surface area is 103 Å². The monoisotopic (exact) mass is 240 g/mol. The molecule has 1 unspecified atom stereocenters. The maximum Gasteiger partial charge on any atom is 0.138 e. The molecule has 0 fully saturated rings. The van der Waals surface area contributed by atoms with Gasteiger partial charge in [-0.05, 0) is 20.8 Å². The van der Waals surface area contributed by atoms with E-state index in [1.54, 1.807) is 6.33 Å². The summed E-state index contributed by atoms with van der Waals surface area (Å²) in [6.07, 6.45) is 2.05. The quantitative estimate of drug-likeness (QED) is 0.783. The highest BCUT2D eigenvalue weighted by Gasteiger charge is 2.24. The number of nitrogens with one attached hydrogen (secondary N) is 1. The normalized spacial score (nSPS) is 15.5. The van der Waals surface area contributed by atoms with Gasteiger partial charge in [0.25, 0.3) is 0 Å². The van der Waals surface area contributed by atoms with Crippen LogP contribution in [-0.2, 0) is 6.42 Å². The molecule has 5 nitrogen and oxygen atoms in total. The second-order valence-electron chi connectivity index (χ2n) is 5.42. The molecule has 1 heterocycles. The predicted molar refractivity (Wildman–Crippen MR) is 67.9 cm³/mol. The molecule has 0 saturated heterocycles. The average molecular weight is 240 g/mol. The Bertz CT molecular complexity index is 344. The van der Waals surface area contributed by atoms with E-state index in [4.69, 9.17) is 0 Å². The Balaban J connectivity index is 2.65. The maximum atomic E-state index is 10.3. The zero-order chi connectivity index (χ0) is 13.1. The van der Waals surface area contributed by atoms with Gasteiger partial charge in [0, 0.05) is 25.0 Å². The zero-order valence-electron chi connectivity index (χ0n) is 11.4. The lowest BCUT2D eigenvalue weighted by molar-refractivity contribution is 0.0547. The fourth-order valence-corrected chi connectivity index (χ4v) is 1.66. The summed E-state index contributed by atoms with van der Waals surface area (Å²) in [6.45, 7) is 10.6. The Morgan fingerprint density at radius 3 is 2.59 bits per heavy atom. The standard InChI is InChI=1S/C12H24N4O/c1-9(2)13-7-12(5,17)6-11-14-8-15-16(11)10(3)4/h8-10,13,17H,6-7H2,1-5H3. The van der Waals surface area contributed by atoms with Crippen molar-refractivity contribution in [1.29, 1.82) is 0 Å². The van der Waals surface area contributed by atoms with Crippen molar-refractivity contribution < 1.29 is 5.11 Å². The molecular formula is C12H24N4O. The molecule has 1 rings (SSSR count). The van der Waals surface area contributed by atoms with E-state index in [1.165, 1.54) is 0 Å². The molecule has 17 heavy (non-hydrogen) atoms. The summed E-state index contributed by atoms with van der Waals surface area (Å²) in [5, 5.41) is 17.7. The van der Waals surface area contributed by atoms with Crippen molar-refractivity contribution in [3.63, 3.8) is 0 Å². The molecule has 1 aromatic rings. The first-order chi connectivity index (χ1) is 7.82. The minimum absolute atomic E-state index is 0.265. The summed E-state index contributed by atoms with van der Waals surface area (Å²) in [5.41, 5.74) is -0.802. The molecular weight excluding hydrogens is 216 g/mol. The largest absolute Gasteiger partial charge is 0.388 e. The molecule has 0 saturated carbocycles. The van der Waals surface area contributed by atoms with E-state index in [2.05, 4.69) is 43.1 Å². The van der Waals surface area contributed by atoms with Crippen molar-refractivity contribution in [2.75, 3.05) is 6.54 Å². The smallest absolute Gasteiger partial charge is 0.138 e. The van der Waals surface area contributed by atoms with Crippen LogP contribution in [0.4, 0.5) is 0 Å². The predicted octanol–water partition coefficient (Wildman–Crippen LogP) is 1.15. The van der Waals surface area contributed by atoms with E-state index < -0.39 is 5.60 Å². The minimum Gasteiger partial charge on any atom is -0.388 e. The van der Waals surface area contributed by atoms with E-state index in [0.29, 0.717) is 19.0 Å². The van der Waals surface area contributed by atoms with Gasteiger partial charge in [0.05, 0.1) is 5.60 Å². The van der Waals surface area contributed by atoms with Crippen LogP contribution in [-0.4, -0.2) is 38.1 Å². The van der Waals surface area contributed by atoms with Gasteiger partial charge < -0.3 is 10.4 Å². The molecule has 0 aliphatic heterocycles. The highest BCUT2D eigenvalue weighted by Crippen LogP contribution is 2.13. The third-order valence-corrected chi connectivity index (χ3v) is 2.57. The number of rotatable bonds is 6. The van der Waals surface area contributed by atoms with Gasteiger partial charge in [-0.25, -0.2) is 9.67 Å². The van der Waals surface area contributed by atoms with Crippen LogP contribution < -0.4 is 5.32 Å². The summed E-state index contributed by atoms with van der Waals surface area (Å²) in [7, 11) is 0. The third-order valence-electron chi connectivity index (χ3n) is 2.57. The maximum absolute atomic E-state index is 10.3. The molecule has 0 spiro atoms. The van der Waals surface area contributed by atoms with Gasteiger partial charge in [-0.15, -0.1) is 0 Å². The van der Waals surface area contributed by atoms with Gasteiger partial charge in [-0.1, -0.05) is 13.8 Å². The molecule has 2 N–H and O–H groups in total. The molecule has 0 aromatic carbocycles. The van der Waals surface area contributed by atoms with Gasteiger partial charge in [0.15, 0.2) is 0 Å². The van der Waals surface area contributed by atoms with Gasteiger partial charge in [0.2, 0.25) is 0 Å². The summed E-state index contributed by atoms with van der Waals surface area (Å²) >= 11 is 0. The van der Waals surface area contributed by atoms with E-state index in [0.717, 1.165) is 5.82 Å². The molecule has 0 amide bonds. The van der Waals surface area contributed by atoms with Crippen molar-refractivity contribution in [2.24, 2.45) is 0 Å². The summed E-state index contributed by atoms with van der Waals surface area (Å²) in [5.74, 6) is 0.829. The lowest BCUT2D eigenvalue weighted by atomic mass is 10.0. The molecule has 0 aliphatic carbocycles. The fraction of sp³-hybridized carbons (Fsp3) is 0.833. The number of hydrogen-bond acceptors (Lipinski definition) is 4. The Morgan fingerprint density at radius 1 is 1.41 bits per heavy atom. The van der Waals surface area contributed by atoms with Gasteiger partial charge >= 0.3 is 0 Å². The number of aromatic nitrogens is 3. The van der Waals surface area contributed by atoms with Crippen LogP contribution in [0.15, 0.2) is 6.33 Å². The van der Waals surface area contributed by atoms with Crippen LogP contribution in [0.1, 0.15) is 46.5 Å². The molecule has 1 atom stereocenters. The Kier molecular flexibility index (Phi) is 4.65. The van der Waals surface area contributed by atoms with Crippen LogP contribution in [0.3, 0.4) is 0 Å². The van der Waals surface area contributed by atoms with Crippen molar-refractivity contribution in [2.45, 2.75) is 58.7 Å². The average Bonchev–Trinajstić information content (AvgIpc) is 2.62. The molecule has 1 aromatic heterocycles. The van der Waals surface area contributed by atoms with Crippen LogP contribution in [0.2, 0.25) is 0 Å². The Hall–Kier alpha value is -0.940. The highest BCUT2D eigenvalue weighted by atomic mass is 16.3. The molecule has 5 heteroatoms. The second kappa shape index (κ2) is 5.60. The molecule has 0 aliphatic rings. The molecule has 0 bridgehead atoms. The summed E-state index contributed by atoms with van der Waals surface area (Å²) in [6, 6.07) is 0.630. The van der Waals surface area contributed by atoms with Crippen molar-refractivity contribution >= 4 is 0 Å². The highest BCUT2D eigenvalue weighted by molar-refractivity contribution is 4.95. The summed E-state index contributed by atoms with van der Waals surface area (Å²) in [4.78, 5) is 4.21. The number of hydrogen-bond donors (Lipinski definition) is 2. The second-order valence-corrected chi connectivity index (χ2v) is 5.42. The first-order valence-corrected chi connectivity index (χ1v) is 6.16. The van der Waals surface area contributed by atoms with Crippen molar-refractivity contribution in [3.05, 3.63) is 12.2 Å². The van der Waals surface area contributed by atoms with Crippen LogP contribution in [0.25, 0.3) is 0 Å². The summed E-state index contributed by atoms with van der Waals surface area (Å²) < 4.78 is 1.85. The van der Waals surface area contributed by atoms with Crippen LogP contribution in [0, 0.1) is 0 Å². The minimum atomic E-state index is -0.802. The third kappa shape index (κ3) is 4.44. The first kappa shape index (κ1) is 14.1. The van der Waals surface area contributed by atoms with E-state index in [9.17, 15) is 5.11 Å². The zero-order valence-corrected chi connectivity index (χ0v) is 11.4. The van der Waals surface area contributed by atoms with Crippen molar-refractivity contribution in [3.8, 4) is 0 Å². The van der Waals surface area contributed by atoms with Crippen molar-refractivity contribution in [1.82, 2.24) is 20.1 Å². The SMILES string of the molecule is CC(C)NCC(C)(O)Cc1ncnn1C(C)C.